The molecule has 9 heteroatoms. The highest BCUT2D eigenvalue weighted by Crippen LogP contribution is 2.25. The minimum Gasteiger partial charge on any atom is -0.411 e. The van der Waals surface area contributed by atoms with Gasteiger partial charge in [-0.25, -0.2) is 8.42 Å². The Labute approximate surface area is 157 Å². The smallest absolute Gasteiger partial charge is 0.277 e. The van der Waals surface area contributed by atoms with Gasteiger partial charge in [-0.05, 0) is 32.4 Å². The number of thioether (sulfide) groups is 1. The van der Waals surface area contributed by atoms with Crippen molar-refractivity contribution in [2.75, 3.05) is 23.8 Å². The molecule has 3 rings (SSSR count). The normalized spacial score (nSPS) is 18.8. The molecule has 1 aliphatic rings. The van der Waals surface area contributed by atoms with E-state index in [1.165, 1.54) is 11.8 Å². The fraction of sp³-hybridized carbons (Fsp3) is 0.471. The molecule has 1 atom stereocenters. The maximum Gasteiger partial charge on any atom is 0.277 e. The second kappa shape index (κ2) is 7.79. The average Bonchev–Trinajstić information content (AvgIpc) is 3.20. The van der Waals surface area contributed by atoms with Gasteiger partial charge in [-0.15, -0.1) is 10.2 Å². The van der Waals surface area contributed by atoms with Gasteiger partial charge in [0.05, 0.1) is 17.3 Å². The van der Waals surface area contributed by atoms with Crippen molar-refractivity contribution in [3.05, 3.63) is 29.8 Å². The third-order valence-corrected chi connectivity index (χ3v) is 6.85. The van der Waals surface area contributed by atoms with Crippen LogP contribution in [0.3, 0.4) is 0 Å². The number of rotatable bonds is 6. The second-order valence-corrected chi connectivity index (χ2v) is 9.42. The molecule has 0 radical (unpaired) electrons. The number of hydrogen-bond donors (Lipinski definition) is 0. The lowest BCUT2D eigenvalue weighted by atomic mass is 10.1. The Morgan fingerprint density at radius 2 is 2.19 bits per heavy atom. The Bertz CT molecular complexity index is 895. The Balaban J connectivity index is 1.61. The quantitative estimate of drug-likeness (QED) is 0.692. The highest BCUT2D eigenvalue weighted by atomic mass is 32.2. The van der Waals surface area contributed by atoms with Gasteiger partial charge >= 0.3 is 0 Å². The molecule has 0 saturated carbocycles. The lowest BCUT2D eigenvalue weighted by molar-refractivity contribution is -0.129. The van der Waals surface area contributed by atoms with Crippen molar-refractivity contribution < 1.29 is 17.6 Å². The number of nitrogens with zero attached hydrogens (tertiary/aromatic N) is 3. The lowest BCUT2D eigenvalue weighted by Crippen LogP contribution is -2.41. The number of carbonyl (C=O) groups is 1. The largest absolute Gasteiger partial charge is 0.411 e. The first-order chi connectivity index (χ1) is 12.4. The molecule has 2 heterocycles. The zero-order valence-electron chi connectivity index (χ0n) is 14.7. The van der Waals surface area contributed by atoms with E-state index in [-0.39, 0.29) is 29.2 Å². The van der Waals surface area contributed by atoms with Gasteiger partial charge in [-0.3, -0.25) is 4.79 Å². The molecule has 0 unspecified atom stereocenters. The minimum absolute atomic E-state index is 0.0509. The van der Waals surface area contributed by atoms with Crippen LogP contribution in [-0.4, -0.2) is 59.3 Å². The first kappa shape index (κ1) is 18.9. The molecule has 2 aromatic rings. The van der Waals surface area contributed by atoms with Crippen LogP contribution >= 0.6 is 11.8 Å². The number of aromatic nitrogens is 2. The number of benzene rings is 1. The van der Waals surface area contributed by atoms with E-state index < -0.39 is 9.84 Å². The molecule has 1 fully saturated rings. The summed E-state index contributed by atoms with van der Waals surface area (Å²) >= 11 is 1.17. The molecule has 26 heavy (non-hydrogen) atoms. The molecule has 1 saturated heterocycles. The Hall–Kier alpha value is -1.87. The zero-order chi connectivity index (χ0) is 18.7. The summed E-state index contributed by atoms with van der Waals surface area (Å²) in [5, 5.41) is 8.33. The maximum absolute atomic E-state index is 12.5. The highest BCUT2D eigenvalue weighted by molar-refractivity contribution is 7.99. The van der Waals surface area contributed by atoms with Crippen molar-refractivity contribution in [2.24, 2.45) is 0 Å². The van der Waals surface area contributed by atoms with Crippen LogP contribution in [-0.2, 0) is 14.6 Å². The van der Waals surface area contributed by atoms with Crippen molar-refractivity contribution >= 4 is 27.5 Å². The van der Waals surface area contributed by atoms with Gasteiger partial charge < -0.3 is 9.32 Å². The lowest BCUT2D eigenvalue weighted by Gasteiger charge is -2.26. The van der Waals surface area contributed by atoms with E-state index in [1.807, 2.05) is 38.1 Å². The molecule has 140 valence electrons. The van der Waals surface area contributed by atoms with Gasteiger partial charge in [0.15, 0.2) is 9.84 Å². The Morgan fingerprint density at radius 1 is 1.38 bits per heavy atom. The highest BCUT2D eigenvalue weighted by Gasteiger charge is 2.33. The molecule has 0 spiro atoms. The fourth-order valence-electron chi connectivity index (χ4n) is 3.03. The van der Waals surface area contributed by atoms with Crippen molar-refractivity contribution in [1.82, 2.24) is 15.1 Å². The zero-order valence-corrected chi connectivity index (χ0v) is 16.3. The SMILES string of the molecule is CCN(C(=O)CSc1nnc(-c2cccc(C)c2)o1)[C@H]1CCS(=O)(=O)C1. The first-order valence-corrected chi connectivity index (χ1v) is 11.2. The number of hydrogen-bond acceptors (Lipinski definition) is 7. The number of amides is 1. The molecule has 0 bridgehead atoms. The summed E-state index contributed by atoms with van der Waals surface area (Å²) in [6.07, 6.45) is 0.505. The third-order valence-electron chi connectivity index (χ3n) is 4.30. The average molecular weight is 396 g/mol. The third kappa shape index (κ3) is 4.45. The van der Waals surface area contributed by atoms with Crippen LogP contribution in [0.2, 0.25) is 0 Å². The van der Waals surface area contributed by atoms with E-state index >= 15 is 0 Å². The summed E-state index contributed by atoms with van der Waals surface area (Å²) in [6, 6.07) is 7.51. The van der Waals surface area contributed by atoms with Gasteiger partial charge in [0, 0.05) is 18.2 Å². The van der Waals surface area contributed by atoms with Crippen LogP contribution in [0.1, 0.15) is 18.9 Å². The molecule has 1 aliphatic heterocycles. The molecular weight excluding hydrogens is 374 g/mol. The first-order valence-electron chi connectivity index (χ1n) is 8.41. The predicted molar refractivity (Wildman–Crippen MR) is 99.6 cm³/mol. The topological polar surface area (TPSA) is 93.4 Å². The van der Waals surface area contributed by atoms with Crippen LogP contribution in [0.15, 0.2) is 33.9 Å². The Morgan fingerprint density at radius 3 is 2.85 bits per heavy atom. The van der Waals surface area contributed by atoms with Crippen molar-refractivity contribution in [3.8, 4) is 11.5 Å². The van der Waals surface area contributed by atoms with Gasteiger partial charge in [0.1, 0.15) is 0 Å². The van der Waals surface area contributed by atoms with Gasteiger partial charge in [-0.1, -0.05) is 29.5 Å². The summed E-state index contributed by atoms with van der Waals surface area (Å²) < 4.78 is 28.9. The summed E-state index contributed by atoms with van der Waals surface area (Å²) in [5.74, 6) is 0.639. The summed E-state index contributed by atoms with van der Waals surface area (Å²) in [6.45, 7) is 4.32. The van der Waals surface area contributed by atoms with E-state index in [2.05, 4.69) is 10.2 Å². The molecule has 0 N–H and O–H groups in total. The van der Waals surface area contributed by atoms with Gasteiger partial charge in [0.25, 0.3) is 5.22 Å². The molecule has 7 nitrogen and oxygen atoms in total. The van der Waals surface area contributed by atoms with E-state index in [4.69, 9.17) is 4.42 Å². The molecule has 1 aromatic carbocycles. The van der Waals surface area contributed by atoms with Crippen molar-refractivity contribution in [3.63, 3.8) is 0 Å². The van der Waals surface area contributed by atoms with Crippen LogP contribution in [0.5, 0.6) is 0 Å². The molecular formula is C17H21N3O4S2. The number of carbonyl (C=O) groups excluding carboxylic acids is 1. The predicted octanol–water partition coefficient (Wildman–Crippen LogP) is 2.17. The van der Waals surface area contributed by atoms with Gasteiger partial charge in [-0.2, -0.15) is 0 Å². The van der Waals surface area contributed by atoms with Crippen LogP contribution in [0, 0.1) is 6.92 Å². The fourth-order valence-corrected chi connectivity index (χ4v) is 5.41. The number of sulfone groups is 1. The number of aryl methyl sites for hydroxylation is 1. The summed E-state index contributed by atoms with van der Waals surface area (Å²) in [7, 11) is -3.02. The standard InChI is InChI=1S/C17H21N3O4S2/c1-3-20(14-7-8-26(22,23)11-14)15(21)10-25-17-19-18-16(24-17)13-6-4-5-12(2)9-13/h4-6,9,14H,3,7-8,10-11H2,1-2H3/t14-/m0/s1. The molecule has 0 aliphatic carbocycles. The molecule has 1 aromatic heterocycles. The van der Waals surface area contributed by atoms with Crippen LogP contribution in [0.25, 0.3) is 11.5 Å². The maximum atomic E-state index is 12.5. The minimum atomic E-state index is -3.02. The van der Waals surface area contributed by atoms with E-state index in [9.17, 15) is 13.2 Å². The van der Waals surface area contributed by atoms with Crippen LogP contribution < -0.4 is 0 Å². The Kier molecular flexibility index (Phi) is 5.67. The van der Waals surface area contributed by atoms with Crippen molar-refractivity contribution in [1.29, 1.82) is 0 Å². The monoisotopic (exact) mass is 395 g/mol. The van der Waals surface area contributed by atoms with Crippen molar-refractivity contribution in [2.45, 2.75) is 31.5 Å². The molecule has 1 amide bonds. The van der Waals surface area contributed by atoms with E-state index in [0.29, 0.717) is 24.1 Å². The second-order valence-electron chi connectivity index (χ2n) is 6.27. The van der Waals surface area contributed by atoms with E-state index in [0.717, 1.165) is 11.1 Å². The van der Waals surface area contributed by atoms with E-state index in [1.54, 1.807) is 4.90 Å². The summed E-state index contributed by atoms with van der Waals surface area (Å²) in [5.41, 5.74) is 1.93. The summed E-state index contributed by atoms with van der Waals surface area (Å²) in [4.78, 5) is 14.1. The van der Waals surface area contributed by atoms with Gasteiger partial charge in [0.2, 0.25) is 11.8 Å². The van der Waals surface area contributed by atoms with Crippen LogP contribution in [0.4, 0.5) is 0 Å².